The Balaban J connectivity index is 3.14. The SMILES string of the molecule is CCOC(=O)/C(OC(C)=O)=C(/N)c1ccccc1. The first-order chi connectivity index (χ1) is 8.56. The summed E-state index contributed by atoms with van der Waals surface area (Å²) in [4.78, 5) is 22.6. The third kappa shape index (κ3) is 3.62. The van der Waals surface area contributed by atoms with Crippen molar-refractivity contribution in [2.24, 2.45) is 5.73 Å². The van der Waals surface area contributed by atoms with Gasteiger partial charge in [0.05, 0.1) is 12.3 Å². The molecule has 0 bridgehead atoms. The van der Waals surface area contributed by atoms with Crippen LogP contribution in [0.1, 0.15) is 19.4 Å². The van der Waals surface area contributed by atoms with Gasteiger partial charge in [0.2, 0.25) is 5.76 Å². The first-order valence-electron chi connectivity index (χ1n) is 5.47. The van der Waals surface area contributed by atoms with Gasteiger partial charge in [-0.05, 0) is 6.92 Å². The van der Waals surface area contributed by atoms with E-state index >= 15 is 0 Å². The summed E-state index contributed by atoms with van der Waals surface area (Å²) in [6.45, 7) is 3.02. The van der Waals surface area contributed by atoms with Crippen molar-refractivity contribution in [2.45, 2.75) is 13.8 Å². The van der Waals surface area contributed by atoms with Gasteiger partial charge < -0.3 is 15.2 Å². The first kappa shape index (κ1) is 13.8. The van der Waals surface area contributed by atoms with Crippen molar-refractivity contribution in [1.29, 1.82) is 0 Å². The van der Waals surface area contributed by atoms with Crippen molar-refractivity contribution < 1.29 is 19.1 Å². The number of rotatable bonds is 4. The molecule has 0 amide bonds. The van der Waals surface area contributed by atoms with Crippen LogP contribution in [0.3, 0.4) is 0 Å². The Morgan fingerprint density at radius 2 is 1.83 bits per heavy atom. The lowest BCUT2D eigenvalue weighted by Crippen LogP contribution is -2.18. The molecular formula is C13H15NO4. The van der Waals surface area contributed by atoms with E-state index in [2.05, 4.69) is 0 Å². The molecule has 0 saturated heterocycles. The van der Waals surface area contributed by atoms with E-state index in [4.69, 9.17) is 15.2 Å². The maximum atomic E-state index is 11.7. The average Bonchev–Trinajstić information content (AvgIpc) is 2.36. The quantitative estimate of drug-likeness (QED) is 0.496. The Labute approximate surface area is 105 Å². The minimum atomic E-state index is -0.756. The Bertz CT molecular complexity index is 465. The Morgan fingerprint density at radius 1 is 1.22 bits per heavy atom. The van der Waals surface area contributed by atoms with Crippen LogP contribution in [0.2, 0.25) is 0 Å². The zero-order valence-corrected chi connectivity index (χ0v) is 10.3. The molecule has 0 aliphatic heterocycles. The highest BCUT2D eigenvalue weighted by Gasteiger charge is 2.20. The molecule has 0 fully saturated rings. The van der Waals surface area contributed by atoms with Crippen LogP contribution >= 0.6 is 0 Å². The lowest BCUT2D eigenvalue weighted by molar-refractivity contribution is -0.149. The number of carbonyl (C=O) groups excluding carboxylic acids is 2. The predicted octanol–water partition coefficient (Wildman–Crippen LogP) is 1.44. The fourth-order valence-corrected chi connectivity index (χ4v) is 1.30. The summed E-state index contributed by atoms with van der Waals surface area (Å²) in [7, 11) is 0. The minimum absolute atomic E-state index is 0.0734. The lowest BCUT2D eigenvalue weighted by atomic mass is 10.1. The van der Waals surface area contributed by atoms with Crippen molar-refractivity contribution in [2.75, 3.05) is 6.61 Å². The molecule has 0 spiro atoms. The fraction of sp³-hybridized carbons (Fsp3) is 0.231. The maximum absolute atomic E-state index is 11.7. The number of ether oxygens (including phenoxy) is 2. The highest BCUT2D eigenvalue weighted by molar-refractivity contribution is 5.97. The first-order valence-corrected chi connectivity index (χ1v) is 5.47. The summed E-state index contributed by atoms with van der Waals surface area (Å²) in [5, 5.41) is 0. The molecule has 0 aliphatic carbocycles. The fourth-order valence-electron chi connectivity index (χ4n) is 1.30. The number of benzene rings is 1. The number of carbonyl (C=O) groups is 2. The molecule has 0 radical (unpaired) electrons. The molecule has 1 rings (SSSR count). The average molecular weight is 249 g/mol. The molecule has 0 atom stereocenters. The van der Waals surface area contributed by atoms with Crippen molar-refractivity contribution in [1.82, 2.24) is 0 Å². The van der Waals surface area contributed by atoms with Gasteiger partial charge >= 0.3 is 11.9 Å². The summed E-state index contributed by atoms with van der Waals surface area (Å²) < 4.78 is 9.62. The van der Waals surface area contributed by atoms with Crippen molar-refractivity contribution in [3.05, 3.63) is 41.7 Å². The highest BCUT2D eigenvalue weighted by atomic mass is 16.6. The van der Waals surface area contributed by atoms with Crippen LogP contribution in [0.4, 0.5) is 0 Å². The second-order valence-corrected chi connectivity index (χ2v) is 3.42. The molecule has 2 N–H and O–H groups in total. The molecule has 0 heterocycles. The molecule has 0 aromatic heterocycles. The summed E-state index contributed by atoms with van der Waals surface area (Å²) in [6.07, 6.45) is 0. The Kier molecular flexibility index (Phi) is 4.92. The molecule has 0 saturated carbocycles. The number of nitrogens with two attached hydrogens (primary N) is 1. The Morgan fingerprint density at radius 3 is 2.33 bits per heavy atom. The van der Waals surface area contributed by atoms with Gasteiger partial charge in [0, 0.05) is 12.5 Å². The van der Waals surface area contributed by atoms with Crippen molar-refractivity contribution >= 4 is 17.6 Å². The van der Waals surface area contributed by atoms with E-state index in [0.717, 1.165) is 0 Å². The summed E-state index contributed by atoms with van der Waals surface area (Å²) in [6, 6.07) is 8.75. The van der Waals surface area contributed by atoms with Crippen LogP contribution in [0.5, 0.6) is 0 Å². The topological polar surface area (TPSA) is 78.6 Å². The maximum Gasteiger partial charge on any atom is 0.376 e. The van der Waals surface area contributed by atoms with Gasteiger partial charge in [-0.25, -0.2) is 4.79 Å². The summed E-state index contributed by atoms with van der Waals surface area (Å²) in [5.74, 6) is -1.67. The number of hydrogen-bond donors (Lipinski definition) is 1. The van der Waals surface area contributed by atoms with Gasteiger partial charge in [-0.3, -0.25) is 4.79 Å². The van der Waals surface area contributed by atoms with E-state index < -0.39 is 11.9 Å². The van der Waals surface area contributed by atoms with Gasteiger partial charge in [0.15, 0.2) is 0 Å². The van der Waals surface area contributed by atoms with Crippen LogP contribution < -0.4 is 5.73 Å². The smallest absolute Gasteiger partial charge is 0.376 e. The van der Waals surface area contributed by atoms with E-state index in [1.165, 1.54) is 6.92 Å². The van der Waals surface area contributed by atoms with E-state index in [0.29, 0.717) is 5.56 Å². The van der Waals surface area contributed by atoms with Crippen LogP contribution in [-0.2, 0) is 19.1 Å². The zero-order chi connectivity index (χ0) is 13.5. The summed E-state index contributed by atoms with van der Waals surface area (Å²) >= 11 is 0. The van der Waals surface area contributed by atoms with E-state index in [9.17, 15) is 9.59 Å². The molecule has 1 aromatic rings. The molecule has 1 aromatic carbocycles. The van der Waals surface area contributed by atoms with Crippen LogP contribution in [0, 0.1) is 0 Å². The van der Waals surface area contributed by atoms with Gasteiger partial charge in [0.25, 0.3) is 0 Å². The van der Waals surface area contributed by atoms with Gasteiger partial charge in [-0.15, -0.1) is 0 Å². The van der Waals surface area contributed by atoms with Crippen LogP contribution in [-0.4, -0.2) is 18.5 Å². The standard InChI is InChI=1S/C13H15NO4/c1-3-17-13(16)12(18-9(2)15)11(14)10-7-5-4-6-8-10/h4-8H,3,14H2,1-2H3/b12-11-. The monoisotopic (exact) mass is 249 g/mol. The van der Waals surface area contributed by atoms with Crippen molar-refractivity contribution in [3.8, 4) is 0 Å². The third-order valence-electron chi connectivity index (χ3n) is 2.04. The Hall–Kier alpha value is -2.30. The molecule has 0 aliphatic rings. The molecule has 5 nitrogen and oxygen atoms in total. The molecule has 18 heavy (non-hydrogen) atoms. The number of esters is 2. The molecular weight excluding hydrogens is 234 g/mol. The summed E-state index contributed by atoms with van der Waals surface area (Å²) in [5.41, 5.74) is 6.48. The highest BCUT2D eigenvalue weighted by Crippen LogP contribution is 2.15. The molecule has 0 unspecified atom stereocenters. The second kappa shape index (κ2) is 6.44. The van der Waals surface area contributed by atoms with Crippen LogP contribution in [0.15, 0.2) is 36.1 Å². The van der Waals surface area contributed by atoms with Crippen molar-refractivity contribution in [3.63, 3.8) is 0 Å². The predicted molar refractivity (Wildman–Crippen MR) is 65.9 cm³/mol. The third-order valence-corrected chi connectivity index (χ3v) is 2.04. The largest absolute Gasteiger partial charge is 0.460 e. The zero-order valence-electron chi connectivity index (χ0n) is 10.3. The minimum Gasteiger partial charge on any atom is -0.460 e. The van der Waals surface area contributed by atoms with E-state index in [1.807, 2.05) is 6.07 Å². The van der Waals surface area contributed by atoms with Gasteiger partial charge in [-0.2, -0.15) is 0 Å². The molecule has 5 heteroatoms. The normalized spacial score (nSPS) is 11.4. The van der Waals surface area contributed by atoms with Gasteiger partial charge in [0.1, 0.15) is 0 Å². The number of hydrogen-bond acceptors (Lipinski definition) is 5. The van der Waals surface area contributed by atoms with E-state index in [-0.39, 0.29) is 18.1 Å². The molecule has 96 valence electrons. The lowest BCUT2D eigenvalue weighted by Gasteiger charge is -2.10. The van der Waals surface area contributed by atoms with E-state index in [1.54, 1.807) is 31.2 Å². The van der Waals surface area contributed by atoms with Crippen LogP contribution in [0.25, 0.3) is 5.70 Å². The van der Waals surface area contributed by atoms with Gasteiger partial charge in [-0.1, -0.05) is 30.3 Å². The second-order valence-electron chi connectivity index (χ2n) is 3.42.